The maximum absolute atomic E-state index is 12.1. The van der Waals surface area contributed by atoms with Crippen LogP contribution in [0.5, 0.6) is 0 Å². The van der Waals surface area contributed by atoms with Crippen LogP contribution < -0.4 is 4.90 Å². The van der Waals surface area contributed by atoms with Crippen molar-refractivity contribution in [2.24, 2.45) is 0 Å². The van der Waals surface area contributed by atoms with Crippen molar-refractivity contribution in [1.82, 2.24) is 4.90 Å². The molecule has 2 saturated heterocycles. The minimum atomic E-state index is -0.378. The Morgan fingerprint density at radius 2 is 2.09 bits per heavy atom. The Labute approximate surface area is 132 Å². The van der Waals surface area contributed by atoms with Gasteiger partial charge in [-0.15, -0.1) is 6.42 Å². The normalized spacial score (nSPS) is 20.8. The molecule has 0 aliphatic carbocycles. The average molecular weight is 318 g/mol. The standard InChI is InChI=1S/C15H14N2O4S/c1-2-5-17-14(18)12(22-15(17)19)10-11-3-4-13(21-11)16-6-8-20-9-7-16/h1,3-4,10H,5-9H2/b12-10-. The molecule has 0 bridgehead atoms. The number of thioether (sulfide) groups is 1. The first-order chi connectivity index (χ1) is 10.7. The van der Waals surface area contributed by atoms with Crippen molar-refractivity contribution in [3.63, 3.8) is 0 Å². The van der Waals surface area contributed by atoms with Gasteiger partial charge in [-0.3, -0.25) is 14.5 Å². The van der Waals surface area contributed by atoms with Gasteiger partial charge in [-0.2, -0.15) is 0 Å². The predicted octanol–water partition coefficient (Wildman–Crippen LogP) is 1.79. The fourth-order valence-corrected chi connectivity index (χ4v) is 3.05. The molecule has 3 rings (SSSR count). The highest BCUT2D eigenvalue weighted by Gasteiger charge is 2.34. The molecule has 3 heterocycles. The number of morpholine rings is 1. The third kappa shape index (κ3) is 2.89. The lowest BCUT2D eigenvalue weighted by Gasteiger charge is -2.26. The van der Waals surface area contributed by atoms with E-state index in [1.54, 1.807) is 12.1 Å². The molecule has 0 saturated carbocycles. The average Bonchev–Trinajstić information content (AvgIpc) is 3.09. The van der Waals surface area contributed by atoms with E-state index in [1.807, 2.05) is 6.07 Å². The molecule has 114 valence electrons. The number of amides is 2. The van der Waals surface area contributed by atoms with E-state index in [1.165, 1.54) is 0 Å². The fraction of sp³-hybridized carbons (Fsp3) is 0.333. The summed E-state index contributed by atoms with van der Waals surface area (Å²) < 4.78 is 11.0. The molecular weight excluding hydrogens is 304 g/mol. The topological polar surface area (TPSA) is 63.0 Å². The Morgan fingerprint density at radius 3 is 2.82 bits per heavy atom. The maximum atomic E-state index is 12.1. The van der Waals surface area contributed by atoms with Crippen LogP contribution in [0.2, 0.25) is 0 Å². The van der Waals surface area contributed by atoms with Crippen molar-refractivity contribution in [3.8, 4) is 12.3 Å². The predicted molar refractivity (Wildman–Crippen MR) is 83.3 cm³/mol. The number of nitrogens with zero attached hydrogens (tertiary/aromatic N) is 2. The van der Waals surface area contributed by atoms with Crippen LogP contribution in [0.4, 0.5) is 10.7 Å². The van der Waals surface area contributed by atoms with Crippen LogP contribution in [0.3, 0.4) is 0 Å². The van der Waals surface area contributed by atoms with E-state index in [4.69, 9.17) is 15.6 Å². The van der Waals surface area contributed by atoms with Crippen LogP contribution in [0, 0.1) is 12.3 Å². The molecule has 7 heteroatoms. The lowest BCUT2D eigenvalue weighted by Crippen LogP contribution is -2.35. The van der Waals surface area contributed by atoms with Crippen molar-refractivity contribution < 1.29 is 18.7 Å². The number of imide groups is 1. The smallest absolute Gasteiger partial charge is 0.294 e. The van der Waals surface area contributed by atoms with Gasteiger partial charge in [-0.05, 0) is 17.8 Å². The summed E-state index contributed by atoms with van der Waals surface area (Å²) in [5.74, 6) is 3.19. The second kappa shape index (κ2) is 6.30. The molecule has 0 radical (unpaired) electrons. The van der Waals surface area contributed by atoms with Crippen LogP contribution >= 0.6 is 11.8 Å². The molecule has 2 aliphatic heterocycles. The number of hydrogen-bond acceptors (Lipinski definition) is 6. The van der Waals surface area contributed by atoms with E-state index in [-0.39, 0.29) is 17.7 Å². The molecule has 6 nitrogen and oxygen atoms in total. The van der Waals surface area contributed by atoms with Gasteiger partial charge in [0, 0.05) is 25.2 Å². The van der Waals surface area contributed by atoms with E-state index < -0.39 is 0 Å². The summed E-state index contributed by atoms with van der Waals surface area (Å²) in [6.07, 6.45) is 6.73. The fourth-order valence-electron chi connectivity index (χ4n) is 2.23. The van der Waals surface area contributed by atoms with Gasteiger partial charge in [-0.1, -0.05) is 5.92 Å². The highest BCUT2D eigenvalue weighted by atomic mass is 32.2. The van der Waals surface area contributed by atoms with Crippen molar-refractivity contribution in [2.75, 3.05) is 37.7 Å². The van der Waals surface area contributed by atoms with E-state index in [0.717, 1.165) is 35.6 Å². The quantitative estimate of drug-likeness (QED) is 0.625. The molecule has 0 unspecified atom stereocenters. The molecule has 0 spiro atoms. The zero-order chi connectivity index (χ0) is 15.5. The highest BCUT2D eigenvalue weighted by Crippen LogP contribution is 2.32. The third-order valence-corrected chi connectivity index (χ3v) is 4.24. The monoisotopic (exact) mass is 318 g/mol. The van der Waals surface area contributed by atoms with Gasteiger partial charge >= 0.3 is 0 Å². The summed E-state index contributed by atoms with van der Waals surface area (Å²) >= 11 is 0.871. The maximum Gasteiger partial charge on any atom is 0.294 e. The summed E-state index contributed by atoms with van der Waals surface area (Å²) in [6.45, 7) is 2.86. The Hall–Kier alpha value is -2.17. The lowest BCUT2D eigenvalue weighted by atomic mass is 10.3. The number of carbonyl (C=O) groups excluding carboxylic acids is 2. The first kappa shape index (κ1) is 14.8. The number of terminal acetylenes is 1. The number of furan rings is 1. The van der Waals surface area contributed by atoms with Gasteiger partial charge in [0.25, 0.3) is 11.1 Å². The van der Waals surface area contributed by atoms with Crippen LogP contribution in [0.25, 0.3) is 6.08 Å². The zero-order valence-electron chi connectivity index (χ0n) is 11.8. The SMILES string of the molecule is C#CCN1C(=O)S/C(=C\c2ccc(N3CCOCC3)o2)C1=O. The zero-order valence-corrected chi connectivity index (χ0v) is 12.6. The molecule has 1 aromatic rings. The molecule has 1 aromatic heterocycles. The Morgan fingerprint density at radius 1 is 1.32 bits per heavy atom. The Bertz CT molecular complexity index is 667. The lowest BCUT2D eigenvalue weighted by molar-refractivity contribution is -0.122. The van der Waals surface area contributed by atoms with E-state index in [0.29, 0.717) is 23.9 Å². The minimum Gasteiger partial charge on any atom is -0.441 e. The van der Waals surface area contributed by atoms with E-state index >= 15 is 0 Å². The molecule has 22 heavy (non-hydrogen) atoms. The number of carbonyl (C=O) groups is 2. The van der Waals surface area contributed by atoms with Crippen molar-refractivity contribution >= 4 is 34.9 Å². The van der Waals surface area contributed by atoms with Crippen LogP contribution in [-0.4, -0.2) is 48.9 Å². The summed E-state index contributed by atoms with van der Waals surface area (Å²) in [5, 5.41) is -0.353. The van der Waals surface area contributed by atoms with E-state index in [9.17, 15) is 9.59 Å². The molecule has 0 atom stereocenters. The van der Waals surface area contributed by atoms with Gasteiger partial charge in [0.2, 0.25) is 0 Å². The minimum absolute atomic E-state index is 0.0147. The second-order valence-corrected chi connectivity index (χ2v) is 5.74. The van der Waals surface area contributed by atoms with Crippen LogP contribution in [-0.2, 0) is 9.53 Å². The second-order valence-electron chi connectivity index (χ2n) is 4.75. The third-order valence-electron chi connectivity index (χ3n) is 3.33. The van der Waals surface area contributed by atoms with Crippen molar-refractivity contribution in [3.05, 3.63) is 22.8 Å². The largest absolute Gasteiger partial charge is 0.441 e. The summed E-state index contributed by atoms with van der Waals surface area (Å²) in [5.41, 5.74) is 0. The van der Waals surface area contributed by atoms with Gasteiger partial charge in [-0.25, -0.2) is 0 Å². The Balaban J connectivity index is 1.75. The highest BCUT2D eigenvalue weighted by molar-refractivity contribution is 8.18. The Kier molecular flexibility index (Phi) is 4.22. The van der Waals surface area contributed by atoms with Crippen molar-refractivity contribution in [1.29, 1.82) is 0 Å². The first-order valence-electron chi connectivity index (χ1n) is 6.80. The number of anilines is 1. The molecule has 2 aliphatic rings. The van der Waals surface area contributed by atoms with Crippen molar-refractivity contribution in [2.45, 2.75) is 0 Å². The number of ether oxygens (including phenoxy) is 1. The van der Waals surface area contributed by atoms with Gasteiger partial charge < -0.3 is 14.1 Å². The van der Waals surface area contributed by atoms with Crippen LogP contribution in [0.1, 0.15) is 5.76 Å². The first-order valence-corrected chi connectivity index (χ1v) is 7.62. The van der Waals surface area contributed by atoms with Gasteiger partial charge in [0.05, 0.1) is 24.7 Å². The summed E-state index contributed by atoms with van der Waals surface area (Å²) in [4.78, 5) is 27.2. The summed E-state index contributed by atoms with van der Waals surface area (Å²) in [7, 11) is 0. The molecule has 2 fully saturated rings. The molecule has 0 aromatic carbocycles. The summed E-state index contributed by atoms with van der Waals surface area (Å²) in [6, 6.07) is 3.63. The van der Waals surface area contributed by atoms with Gasteiger partial charge in [0.1, 0.15) is 5.76 Å². The molecular formula is C15H14N2O4S. The number of rotatable bonds is 3. The molecule has 0 N–H and O–H groups in total. The van der Waals surface area contributed by atoms with Crippen LogP contribution in [0.15, 0.2) is 21.5 Å². The molecule has 2 amide bonds. The number of hydrogen-bond donors (Lipinski definition) is 0. The van der Waals surface area contributed by atoms with Gasteiger partial charge in [0.15, 0.2) is 5.88 Å². The van der Waals surface area contributed by atoms with E-state index in [2.05, 4.69) is 10.8 Å².